The molecular weight excluding hydrogens is 1490 g/mol. The number of nitrogens with zero attached hydrogens (tertiary/aromatic N) is 4. The lowest BCUT2D eigenvalue weighted by molar-refractivity contribution is -0.148. The van der Waals surface area contributed by atoms with Crippen LogP contribution in [0.25, 0.3) is 22.3 Å². The summed E-state index contributed by atoms with van der Waals surface area (Å²) in [6.07, 6.45) is 4.13. The number of esters is 2. The van der Waals surface area contributed by atoms with E-state index in [1.807, 2.05) is 85.2 Å². The Bertz CT molecular complexity index is 4820. The van der Waals surface area contributed by atoms with Crippen LogP contribution in [-0.2, 0) is 67.8 Å². The zero-order valence-corrected chi connectivity index (χ0v) is 61.6. The van der Waals surface area contributed by atoms with Gasteiger partial charge in [-0.2, -0.15) is 0 Å². The number of rotatable bonds is 27. The highest BCUT2D eigenvalue weighted by Gasteiger charge is 2.34. The maximum atomic E-state index is 13.6. The molecule has 4 heterocycles. The van der Waals surface area contributed by atoms with E-state index in [1.54, 1.807) is 97.1 Å². The van der Waals surface area contributed by atoms with Gasteiger partial charge < -0.3 is 36.3 Å². The fraction of sp³-hybridized carbons (Fsp3) is 0.268. The smallest absolute Gasteiger partial charge is 0.338 e. The molecule has 12 rings (SSSR count). The number of carboxylic acids is 1. The third kappa shape index (κ3) is 23.7. The van der Waals surface area contributed by atoms with Crippen LogP contribution in [0.3, 0.4) is 0 Å². The first-order valence-electron chi connectivity index (χ1n) is 34.7. The summed E-state index contributed by atoms with van der Waals surface area (Å²) in [6, 6.07) is 47.7. The lowest BCUT2D eigenvalue weighted by Gasteiger charge is -2.20. The predicted octanol–water partition coefficient (Wildman–Crippen LogP) is 15.2. The highest BCUT2D eigenvalue weighted by atomic mass is 35.5. The van der Waals surface area contributed by atoms with Crippen LogP contribution in [0.4, 0.5) is 17.6 Å². The second kappa shape index (κ2) is 38.0. The summed E-state index contributed by atoms with van der Waals surface area (Å²) in [6.45, 7) is -0.290. The predicted molar refractivity (Wildman–Crippen MR) is 411 cm³/mol. The van der Waals surface area contributed by atoms with Crippen molar-refractivity contribution in [1.82, 2.24) is 16.0 Å². The van der Waals surface area contributed by atoms with Gasteiger partial charge in [-0.05, 0) is 153 Å². The summed E-state index contributed by atoms with van der Waals surface area (Å²) in [4.78, 5) is 117. The van der Waals surface area contributed by atoms with Gasteiger partial charge in [-0.3, -0.25) is 48.7 Å². The molecule has 0 radical (unpaired) electrons. The van der Waals surface area contributed by atoms with E-state index in [9.17, 15) is 55.9 Å². The number of carboxylic acid groups (broad SMARTS) is 1. The maximum Gasteiger partial charge on any atom is 0.338 e. The molecule has 4 aliphatic rings. The molecular formula is C82H74Cl4F4N8O11. The largest absolute Gasteiger partial charge is 0.478 e. The van der Waals surface area contributed by atoms with Gasteiger partial charge in [0, 0.05) is 73.5 Å². The molecule has 0 aliphatic carbocycles. The Labute approximate surface area is 645 Å². The van der Waals surface area contributed by atoms with E-state index < -0.39 is 78.4 Å². The average molecular weight is 1570 g/mol. The van der Waals surface area contributed by atoms with Crippen molar-refractivity contribution < 1.29 is 70.5 Å². The molecule has 3 amide bonds. The molecule has 0 aromatic heterocycles. The van der Waals surface area contributed by atoms with E-state index in [2.05, 4.69) is 35.9 Å². The molecule has 8 aromatic rings. The zero-order chi connectivity index (χ0) is 77.8. The van der Waals surface area contributed by atoms with Crippen molar-refractivity contribution in [2.45, 2.75) is 114 Å². The second-order valence-electron chi connectivity index (χ2n) is 26.3. The van der Waals surface area contributed by atoms with Crippen LogP contribution in [0.5, 0.6) is 0 Å². The minimum absolute atomic E-state index is 0.0202. The molecule has 0 unspecified atom stereocenters. The van der Waals surface area contributed by atoms with Gasteiger partial charge in [0.1, 0.15) is 38.4 Å². The van der Waals surface area contributed by atoms with Crippen LogP contribution in [0, 0.1) is 0 Å². The third-order valence-electron chi connectivity index (χ3n) is 18.0. The number of halogens is 8. The number of Topliss-reactive ketones (excluding diaryl/α,β-unsaturated/α-hetero) is 2. The van der Waals surface area contributed by atoms with Gasteiger partial charge in [-0.15, -0.1) is 0 Å². The van der Waals surface area contributed by atoms with Crippen molar-refractivity contribution in [1.29, 1.82) is 0 Å². The fourth-order valence-electron chi connectivity index (χ4n) is 11.9. The molecule has 0 spiro atoms. The van der Waals surface area contributed by atoms with Crippen LogP contribution in [0.15, 0.2) is 190 Å². The molecule has 0 fully saturated rings. The van der Waals surface area contributed by atoms with E-state index in [1.165, 1.54) is 0 Å². The first-order valence-corrected chi connectivity index (χ1v) is 36.3. The zero-order valence-electron chi connectivity index (χ0n) is 58.6. The Morgan fingerprint density at radius 3 is 1.34 bits per heavy atom. The summed E-state index contributed by atoms with van der Waals surface area (Å²) in [5, 5.41) is 17.3. The van der Waals surface area contributed by atoms with Crippen LogP contribution in [0.2, 0.25) is 20.1 Å². The maximum absolute atomic E-state index is 13.6. The number of carbonyl (C=O) groups is 8. The molecule has 19 nitrogen and oxygen atoms in total. The Morgan fingerprint density at radius 2 is 0.908 bits per heavy atom. The number of carbonyl (C=O) groups excluding carboxylic acids is 7. The van der Waals surface area contributed by atoms with Crippen LogP contribution in [0.1, 0.15) is 137 Å². The van der Waals surface area contributed by atoms with E-state index in [-0.39, 0.29) is 115 Å². The molecule has 0 bridgehead atoms. The van der Waals surface area contributed by atoms with Crippen LogP contribution in [-0.4, -0.2) is 126 Å². The van der Waals surface area contributed by atoms with Crippen molar-refractivity contribution in [3.05, 3.63) is 257 Å². The molecule has 0 saturated carbocycles. The average Bonchev–Trinajstić information content (AvgIpc) is 1.59. The topological polar surface area (TPSA) is 287 Å². The summed E-state index contributed by atoms with van der Waals surface area (Å²) >= 11 is 25.2. The number of benzene rings is 8. The number of nitrogens with two attached hydrogens (primary N) is 1. The molecule has 109 heavy (non-hydrogen) atoms. The van der Waals surface area contributed by atoms with E-state index in [0.717, 1.165) is 61.2 Å². The summed E-state index contributed by atoms with van der Waals surface area (Å²) in [5.41, 5.74) is 18.4. The third-order valence-corrected chi connectivity index (χ3v) is 19.2. The number of aromatic carboxylic acids is 1. The summed E-state index contributed by atoms with van der Waals surface area (Å²) in [7, 11) is 0. The molecule has 4 aliphatic heterocycles. The number of nitrogens with one attached hydrogen (secondary N) is 3. The quantitative estimate of drug-likeness (QED) is 0.0237. The Kier molecular flexibility index (Phi) is 28.2. The minimum atomic E-state index is -2.79. The number of ketones is 2. The van der Waals surface area contributed by atoms with Gasteiger partial charge in [0.05, 0.1) is 57.4 Å². The summed E-state index contributed by atoms with van der Waals surface area (Å²) < 4.78 is 64.1. The second-order valence-corrected chi connectivity index (χ2v) is 27.9. The van der Waals surface area contributed by atoms with Gasteiger partial charge >= 0.3 is 17.9 Å². The van der Waals surface area contributed by atoms with E-state index in [0.29, 0.717) is 54.0 Å². The van der Waals surface area contributed by atoms with Crippen molar-refractivity contribution in [2.24, 2.45) is 25.7 Å². The number of hydrogen-bond acceptors (Lipinski definition) is 15. The van der Waals surface area contributed by atoms with Crippen LogP contribution >= 0.6 is 46.4 Å². The number of aliphatic imine (C=N–C) groups is 4. The lowest BCUT2D eigenvalue weighted by Crippen LogP contribution is -2.42. The molecule has 564 valence electrons. The lowest BCUT2D eigenvalue weighted by atomic mass is 9.98. The fourth-order valence-corrected chi connectivity index (χ4v) is 13.2. The van der Waals surface area contributed by atoms with Crippen molar-refractivity contribution >= 4 is 117 Å². The standard InChI is InChI=1S/C41H36Cl2F2N4O5.C26H29F2N3O4.C15H9Cl2NO2/c42-34-18-30(27-9-10-29-20-46-21-31(29)17-27)19-35(43)37(34)39(52)49-36(40(53)54-23-25-5-2-1-3-6-25)12-11-33(50)22-47-38(51)28-8-4-7-26(15-28)16-32-13-14-41(44,45)24-48-32;27-26(28)12-11-21(31-17-26)14-19-7-4-8-20(13-19)24(33)30-15-22(32)9-10-23(29)25(34)35-16-18-5-2-1-3-6-18;16-12-4-10(5-13(17)14(12)15(19)20)8-1-2-9-6-18-7-11(9)3-8/h1-10,15,17-20,36H,11-14,16,21-24H2,(H,47,51)(H,49,52);1-8,13,23H,9-12,14-17,29H2,(H,30,33);1-6H,7H2,(H,19,20)/t36-;23-;/m00./s1. The van der Waals surface area contributed by atoms with Crippen molar-refractivity contribution in [2.75, 3.05) is 26.2 Å². The number of fused-ring (bicyclic) bond motifs is 2. The number of hydrogen-bond donors (Lipinski definition) is 5. The van der Waals surface area contributed by atoms with Gasteiger partial charge in [-0.1, -0.05) is 156 Å². The highest BCUT2D eigenvalue weighted by molar-refractivity contribution is 6.41. The van der Waals surface area contributed by atoms with Gasteiger partial charge in [0.2, 0.25) is 0 Å². The van der Waals surface area contributed by atoms with Crippen LogP contribution < -0.4 is 21.7 Å². The Balaban J connectivity index is 0.000000195. The molecule has 8 aromatic carbocycles. The van der Waals surface area contributed by atoms with Gasteiger partial charge in [0.25, 0.3) is 29.6 Å². The Hall–Kier alpha value is -10.6. The van der Waals surface area contributed by atoms with E-state index >= 15 is 0 Å². The highest BCUT2D eigenvalue weighted by Crippen LogP contribution is 2.36. The number of ether oxygens (including phenoxy) is 2. The summed E-state index contributed by atoms with van der Waals surface area (Å²) in [5.74, 6) is -10.3. The number of amides is 3. The SMILES string of the molecule is N[C@@H](CCC(=O)CNC(=O)c1cccc(CC2=NCC(F)(F)CC2)c1)C(=O)OCc1ccccc1.O=C(CC[C@H](NC(=O)c1c(Cl)cc(-c2ccc3c(c2)CN=C3)cc1Cl)C(=O)OCc1ccccc1)CNC(=O)c1cccc(CC2=NCC(F)(F)CC2)c1.O=C(O)c1c(Cl)cc(-c2ccc3c(c2)CN=C3)cc1Cl. The van der Waals surface area contributed by atoms with Gasteiger partial charge in [-0.25, -0.2) is 27.2 Å². The molecule has 0 saturated heterocycles. The van der Waals surface area contributed by atoms with E-state index in [4.69, 9.17) is 66.7 Å². The molecule has 27 heteroatoms. The van der Waals surface area contributed by atoms with Gasteiger partial charge in [0.15, 0.2) is 11.6 Å². The number of alkyl halides is 4. The Morgan fingerprint density at radius 1 is 0.486 bits per heavy atom. The van der Waals surface area contributed by atoms with Crippen molar-refractivity contribution in [3.63, 3.8) is 0 Å². The molecule has 2 atom stereocenters. The first kappa shape index (κ1) is 81.0. The normalized spacial score (nSPS) is 14.6. The first-order chi connectivity index (χ1) is 52.2. The minimum Gasteiger partial charge on any atom is -0.478 e. The molecule has 6 N–H and O–H groups in total. The van der Waals surface area contributed by atoms with Crippen molar-refractivity contribution in [3.8, 4) is 22.3 Å². The monoisotopic (exact) mass is 1560 g/mol.